The molecule has 0 N–H and O–H groups in total. The van der Waals surface area contributed by atoms with E-state index in [0.717, 1.165) is 6.61 Å². The fourth-order valence-corrected chi connectivity index (χ4v) is 1.33. The Balaban J connectivity index is 0.000000146. The van der Waals surface area contributed by atoms with Crippen molar-refractivity contribution in [3.8, 4) is 0 Å². The van der Waals surface area contributed by atoms with Crippen LogP contribution in [-0.4, -0.2) is 69.6 Å². The minimum Gasteiger partial charge on any atom is -0.353 e. The summed E-state index contributed by atoms with van der Waals surface area (Å²) in [6, 6.07) is 0. The topological polar surface area (TPSA) is 24.9 Å². The third kappa shape index (κ3) is 4.91. The molecule has 0 saturated carbocycles. The maximum atomic E-state index is 4.93. The van der Waals surface area contributed by atoms with Gasteiger partial charge < -0.3 is 19.3 Å². The molecular weight excluding hydrogens is 180 g/mol. The van der Waals surface area contributed by atoms with E-state index in [0.29, 0.717) is 12.9 Å². The third-order valence-electron chi connectivity index (χ3n) is 2.52. The molecule has 2 saturated heterocycles. The van der Waals surface area contributed by atoms with Gasteiger partial charge in [-0.2, -0.15) is 0 Å². The van der Waals surface area contributed by atoms with Gasteiger partial charge in [0.15, 0.2) is 0 Å². The summed E-state index contributed by atoms with van der Waals surface area (Å²) in [6.45, 7) is 8.17. The predicted molar refractivity (Wildman–Crippen MR) is 56.4 cm³/mol. The van der Waals surface area contributed by atoms with E-state index < -0.39 is 0 Å². The highest BCUT2D eigenvalue weighted by molar-refractivity contribution is 4.64. The number of rotatable bonds is 0. The van der Waals surface area contributed by atoms with E-state index in [1.54, 1.807) is 0 Å². The highest BCUT2D eigenvalue weighted by Crippen LogP contribution is 1.98. The van der Waals surface area contributed by atoms with Crippen molar-refractivity contribution in [3.63, 3.8) is 0 Å². The molecule has 84 valence electrons. The monoisotopic (exact) mass is 202 g/mol. The Bertz CT molecular complexity index is 131. The largest absolute Gasteiger partial charge is 0.353 e. The van der Waals surface area contributed by atoms with Gasteiger partial charge >= 0.3 is 0 Å². The first-order valence-electron chi connectivity index (χ1n) is 5.25. The van der Waals surface area contributed by atoms with E-state index in [-0.39, 0.29) is 0 Å². The first kappa shape index (κ1) is 11.9. The van der Waals surface area contributed by atoms with Crippen molar-refractivity contribution in [2.24, 2.45) is 0 Å². The van der Waals surface area contributed by atoms with Gasteiger partial charge in [0.05, 0.1) is 12.7 Å². The summed E-state index contributed by atoms with van der Waals surface area (Å²) in [5.41, 5.74) is 0. The molecule has 0 bridgehead atoms. The van der Waals surface area contributed by atoms with Crippen molar-refractivity contribution in [1.82, 2.24) is 9.80 Å². The van der Waals surface area contributed by atoms with Crippen molar-refractivity contribution in [2.45, 2.75) is 13.0 Å². The second-order valence-corrected chi connectivity index (χ2v) is 4.07. The lowest BCUT2D eigenvalue weighted by atomic mass is 10.4. The Morgan fingerprint density at radius 3 is 1.71 bits per heavy atom. The molecule has 0 radical (unpaired) electrons. The van der Waals surface area contributed by atoms with Crippen molar-refractivity contribution < 1.29 is 9.47 Å². The first-order valence-corrected chi connectivity index (χ1v) is 5.25. The summed E-state index contributed by atoms with van der Waals surface area (Å²) in [6.07, 6.45) is 0.324. The molecule has 14 heavy (non-hydrogen) atoms. The normalized spacial score (nSPS) is 29.8. The van der Waals surface area contributed by atoms with Crippen molar-refractivity contribution in [1.29, 1.82) is 0 Å². The zero-order chi connectivity index (χ0) is 10.4. The summed E-state index contributed by atoms with van der Waals surface area (Å²) >= 11 is 0. The van der Waals surface area contributed by atoms with Gasteiger partial charge in [-0.05, 0) is 21.0 Å². The Kier molecular flexibility index (Phi) is 5.40. The third-order valence-corrected chi connectivity index (χ3v) is 2.52. The molecular formula is C10H22N2O2. The van der Waals surface area contributed by atoms with Crippen LogP contribution in [0, 0.1) is 0 Å². The molecule has 2 fully saturated rings. The summed E-state index contributed by atoms with van der Waals surface area (Å²) < 4.78 is 9.77. The van der Waals surface area contributed by atoms with Gasteiger partial charge in [-0.3, -0.25) is 0 Å². The maximum absolute atomic E-state index is 4.93. The van der Waals surface area contributed by atoms with E-state index in [1.165, 1.54) is 26.2 Å². The minimum atomic E-state index is 0.324. The van der Waals surface area contributed by atoms with Crippen molar-refractivity contribution in [3.05, 3.63) is 0 Å². The fourth-order valence-electron chi connectivity index (χ4n) is 1.33. The molecule has 0 aliphatic carbocycles. The smallest absolute Gasteiger partial charge is 0.147 e. The second kappa shape index (κ2) is 6.35. The van der Waals surface area contributed by atoms with E-state index in [1.807, 2.05) is 6.92 Å². The lowest BCUT2D eigenvalue weighted by molar-refractivity contribution is 0.0514. The predicted octanol–water partition coefficient (Wildman–Crippen LogP) is 0.243. The summed E-state index contributed by atoms with van der Waals surface area (Å²) in [5, 5.41) is 0. The molecule has 0 aromatic rings. The van der Waals surface area contributed by atoms with Crippen LogP contribution in [0.15, 0.2) is 0 Å². The Morgan fingerprint density at radius 1 is 1.00 bits per heavy atom. The molecule has 0 spiro atoms. The summed E-state index contributed by atoms with van der Waals surface area (Å²) in [5.74, 6) is 0. The van der Waals surface area contributed by atoms with Crippen LogP contribution in [0.1, 0.15) is 6.92 Å². The van der Waals surface area contributed by atoms with Gasteiger partial charge in [-0.25, -0.2) is 0 Å². The summed E-state index contributed by atoms with van der Waals surface area (Å²) in [7, 11) is 4.35. The number of piperazine rings is 1. The Labute approximate surface area is 86.8 Å². The molecule has 2 rings (SSSR count). The number of likely N-dealkylation sites (N-methyl/N-ethyl adjacent to an activating group) is 2. The van der Waals surface area contributed by atoms with E-state index in [9.17, 15) is 0 Å². The molecule has 0 aromatic heterocycles. The standard InChI is InChI=1S/C6H14N2.C4H8O2/c1-7-3-5-8(2)6-4-7;1-4-2-5-3-6-4/h3-6H2,1-2H3;4H,2-3H2,1H3. The maximum Gasteiger partial charge on any atom is 0.147 e. The SMILES string of the molecule is CC1COCO1.CN1CCN(C)CC1. The fraction of sp³-hybridized carbons (Fsp3) is 1.00. The highest BCUT2D eigenvalue weighted by Gasteiger charge is 2.08. The first-order chi connectivity index (χ1) is 6.68. The molecule has 2 aliphatic heterocycles. The average Bonchev–Trinajstić information content (AvgIpc) is 2.63. The van der Waals surface area contributed by atoms with Crippen LogP contribution in [0.2, 0.25) is 0 Å². The average molecular weight is 202 g/mol. The van der Waals surface area contributed by atoms with E-state index >= 15 is 0 Å². The zero-order valence-corrected chi connectivity index (χ0v) is 9.53. The van der Waals surface area contributed by atoms with Crippen LogP contribution in [0.4, 0.5) is 0 Å². The zero-order valence-electron chi connectivity index (χ0n) is 9.53. The molecule has 4 heteroatoms. The van der Waals surface area contributed by atoms with E-state index in [2.05, 4.69) is 23.9 Å². The van der Waals surface area contributed by atoms with Crippen LogP contribution >= 0.6 is 0 Å². The van der Waals surface area contributed by atoms with Gasteiger partial charge in [0, 0.05) is 26.2 Å². The van der Waals surface area contributed by atoms with E-state index in [4.69, 9.17) is 9.47 Å². The number of hydrogen-bond acceptors (Lipinski definition) is 4. The lowest BCUT2D eigenvalue weighted by Gasteiger charge is -2.28. The van der Waals surface area contributed by atoms with Crippen LogP contribution in [0.3, 0.4) is 0 Å². The molecule has 1 atom stereocenters. The molecule has 2 aliphatic rings. The molecule has 2 heterocycles. The van der Waals surface area contributed by atoms with Crippen LogP contribution < -0.4 is 0 Å². The van der Waals surface area contributed by atoms with Gasteiger partial charge in [0.1, 0.15) is 6.79 Å². The van der Waals surface area contributed by atoms with Crippen LogP contribution in [0.5, 0.6) is 0 Å². The van der Waals surface area contributed by atoms with Crippen LogP contribution in [0.25, 0.3) is 0 Å². The van der Waals surface area contributed by atoms with Crippen molar-refractivity contribution >= 4 is 0 Å². The second-order valence-electron chi connectivity index (χ2n) is 4.07. The minimum absolute atomic E-state index is 0.324. The van der Waals surface area contributed by atoms with Crippen LogP contribution in [-0.2, 0) is 9.47 Å². The van der Waals surface area contributed by atoms with Crippen molar-refractivity contribution in [2.75, 3.05) is 53.7 Å². The van der Waals surface area contributed by atoms with Gasteiger partial charge in [0.25, 0.3) is 0 Å². The molecule has 0 aromatic carbocycles. The summed E-state index contributed by atoms with van der Waals surface area (Å²) in [4.78, 5) is 4.72. The number of nitrogens with zero attached hydrogens (tertiary/aromatic N) is 2. The van der Waals surface area contributed by atoms with Gasteiger partial charge in [-0.1, -0.05) is 0 Å². The van der Waals surface area contributed by atoms with Gasteiger partial charge in [0.2, 0.25) is 0 Å². The quantitative estimate of drug-likeness (QED) is 0.562. The molecule has 1 unspecified atom stereocenters. The van der Waals surface area contributed by atoms with Gasteiger partial charge in [-0.15, -0.1) is 0 Å². The Hall–Kier alpha value is -0.160. The Morgan fingerprint density at radius 2 is 1.50 bits per heavy atom. The lowest BCUT2D eigenvalue weighted by Crippen LogP contribution is -2.42. The highest BCUT2D eigenvalue weighted by atomic mass is 16.7. The molecule has 4 nitrogen and oxygen atoms in total. The number of ether oxygens (including phenoxy) is 2. The number of hydrogen-bond donors (Lipinski definition) is 0. The molecule has 0 amide bonds.